The van der Waals surface area contributed by atoms with Crippen molar-refractivity contribution in [2.75, 3.05) is 5.88 Å². The number of hydrogen-bond donors (Lipinski definition) is 0. The summed E-state index contributed by atoms with van der Waals surface area (Å²) >= 11 is 5.62. The zero-order valence-corrected chi connectivity index (χ0v) is 12.1. The zero-order chi connectivity index (χ0) is 12.6. The maximum Gasteiger partial charge on any atom is 0.0223 e. The normalized spacial score (nSPS) is 10.5. The third kappa shape index (κ3) is 15.6. The van der Waals surface area contributed by atoms with Gasteiger partial charge in [0, 0.05) is 12.3 Å². The van der Waals surface area contributed by atoms with Crippen LogP contribution in [0.2, 0.25) is 0 Å². The van der Waals surface area contributed by atoms with Crippen molar-refractivity contribution in [1.82, 2.24) is 0 Å². The Morgan fingerprint density at radius 3 is 2.24 bits per heavy atom. The summed E-state index contributed by atoms with van der Waals surface area (Å²) < 4.78 is 0. The molecule has 0 radical (unpaired) electrons. The minimum atomic E-state index is 0.821. The van der Waals surface area contributed by atoms with Crippen LogP contribution < -0.4 is 0 Å². The van der Waals surface area contributed by atoms with Gasteiger partial charge < -0.3 is 0 Å². The van der Waals surface area contributed by atoms with Crippen molar-refractivity contribution < 1.29 is 0 Å². The van der Waals surface area contributed by atoms with Gasteiger partial charge >= 0.3 is 0 Å². The van der Waals surface area contributed by atoms with Gasteiger partial charge in [-0.2, -0.15) is 0 Å². The van der Waals surface area contributed by atoms with Crippen molar-refractivity contribution in [2.24, 2.45) is 0 Å². The second-order valence-electron chi connectivity index (χ2n) is 4.43. The Morgan fingerprint density at radius 2 is 1.59 bits per heavy atom. The first-order valence-electron chi connectivity index (χ1n) is 7.11. The highest BCUT2D eigenvalue weighted by atomic mass is 35.5. The summed E-state index contributed by atoms with van der Waals surface area (Å²) in [6.45, 7) is 2.19. The number of allylic oxidation sites excluding steroid dienone is 2. The van der Waals surface area contributed by atoms with Crippen LogP contribution >= 0.6 is 11.6 Å². The zero-order valence-electron chi connectivity index (χ0n) is 11.3. The standard InChI is InChI=1S/C16H27Cl/c1-2-3-4-5-6-7-8-9-10-11-12-13-14-15-16-17/h4-5H,2-3,8-16H2,1H3/b5-4-. The molecule has 0 spiro atoms. The molecule has 0 nitrogen and oxygen atoms in total. The van der Waals surface area contributed by atoms with Gasteiger partial charge in [0.1, 0.15) is 0 Å². The average Bonchev–Trinajstić information content (AvgIpc) is 2.35. The first-order valence-corrected chi connectivity index (χ1v) is 7.64. The summed E-state index contributed by atoms with van der Waals surface area (Å²) in [6.07, 6.45) is 16.7. The first-order chi connectivity index (χ1) is 8.41. The van der Waals surface area contributed by atoms with E-state index < -0.39 is 0 Å². The van der Waals surface area contributed by atoms with Crippen molar-refractivity contribution in [2.45, 2.75) is 71.1 Å². The summed E-state index contributed by atoms with van der Waals surface area (Å²) in [5.74, 6) is 7.12. The third-order valence-electron chi connectivity index (χ3n) is 2.69. The van der Waals surface area contributed by atoms with Crippen LogP contribution in [0.25, 0.3) is 0 Å². The van der Waals surface area contributed by atoms with E-state index in [0.717, 1.165) is 18.7 Å². The van der Waals surface area contributed by atoms with Crippen LogP contribution in [0.3, 0.4) is 0 Å². The van der Waals surface area contributed by atoms with Crippen molar-refractivity contribution in [1.29, 1.82) is 0 Å². The maximum atomic E-state index is 5.62. The van der Waals surface area contributed by atoms with E-state index in [9.17, 15) is 0 Å². The molecular weight excluding hydrogens is 228 g/mol. The lowest BCUT2D eigenvalue weighted by atomic mass is 10.1. The molecule has 0 saturated carbocycles. The minimum absolute atomic E-state index is 0.821. The van der Waals surface area contributed by atoms with Crippen molar-refractivity contribution >= 4 is 11.6 Å². The summed E-state index contributed by atoms with van der Waals surface area (Å²) in [7, 11) is 0. The van der Waals surface area contributed by atoms with Gasteiger partial charge in [0.25, 0.3) is 0 Å². The summed E-state index contributed by atoms with van der Waals surface area (Å²) in [5, 5.41) is 0. The van der Waals surface area contributed by atoms with Crippen LogP contribution in [0.1, 0.15) is 71.1 Å². The summed E-state index contributed by atoms with van der Waals surface area (Å²) in [5.41, 5.74) is 0. The van der Waals surface area contributed by atoms with Crippen LogP contribution in [0.5, 0.6) is 0 Å². The smallest absolute Gasteiger partial charge is 0.0223 e. The molecule has 1 heteroatoms. The van der Waals surface area contributed by atoms with Crippen LogP contribution in [0.15, 0.2) is 12.2 Å². The maximum absolute atomic E-state index is 5.62. The molecule has 17 heavy (non-hydrogen) atoms. The minimum Gasteiger partial charge on any atom is -0.127 e. The Labute approximate surface area is 113 Å². The number of alkyl halides is 1. The lowest BCUT2D eigenvalue weighted by molar-refractivity contribution is 0.595. The molecule has 0 N–H and O–H groups in total. The third-order valence-corrected chi connectivity index (χ3v) is 2.96. The highest BCUT2D eigenvalue weighted by molar-refractivity contribution is 6.17. The molecule has 0 unspecified atom stereocenters. The van der Waals surface area contributed by atoms with Crippen LogP contribution in [0, 0.1) is 11.8 Å². The summed E-state index contributed by atoms with van der Waals surface area (Å²) in [4.78, 5) is 0. The molecule has 0 aromatic carbocycles. The van der Waals surface area contributed by atoms with Gasteiger partial charge in [-0.05, 0) is 25.3 Å². The molecule has 0 heterocycles. The highest BCUT2D eigenvalue weighted by Gasteiger charge is 1.90. The van der Waals surface area contributed by atoms with Crippen LogP contribution in [-0.2, 0) is 0 Å². The predicted molar refractivity (Wildman–Crippen MR) is 79.5 cm³/mol. The van der Waals surface area contributed by atoms with E-state index in [-0.39, 0.29) is 0 Å². The summed E-state index contributed by atoms with van der Waals surface area (Å²) in [6, 6.07) is 0. The lowest BCUT2D eigenvalue weighted by Gasteiger charge is -1.98. The van der Waals surface area contributed by atoms with Gasteiger partial charge in [0.2, 0.25) is 0 Å². The lowest BCUT2D eigenvalue weighted by Crippen LogP contribution is -1.81. The van der Waals surface area contributed by atoms with E-state index in [1.807, 2.05) is 6.08 Å². The fraction of sp³-hybridized carbons (Fsp3) is 0.750. The Kier molecular flexibility index (Phi) is 15.2. The first kappa shape index (κ1) is 16.6. The van der Waals surface area contributed by atoms with Crippen LogP contribution in [-0.4, -0.2) is 5.88 Å². The fourth-order valence-electron chi connectivity index (χ4n) is 1.63. The molecule has 0 rings (SSSR count). The van der Waals surface area contributed by atoms with Crippen molar-refractivity contribution in [3.8, 4) is 11.8 Å². The SMILES string of the molecule is CCC/C=C\C#CCCCCCCCCCCl. The van der Waals surface area contributed by atoms with Gasteiger partial charge in [-0.3, -0.25) is 0 Å². The Morgan fingerprint density at radius 1 is 0.941 bits per heavy atom. The van der Waals surface area contributed by atoms with E-state index in [4.69, 9.17) is 11.6 Å². The average molecular weight is 255 g/mol. The van der Waals surface area contributed by atoms with Crippen LogP contribution in [0.4, 0.5) is 0 Å². The monoisotopic (exact) mass is 254 g/mol. The molecule has 0 atom stereocenters. The topological polar surface area (TPSA) is 0 Å². The molecule has 0 amide bonds. The van der Waals surface area contributed by atoms with Gasteiger partial charge in [-0.15, -0.1) is 11.6 Å². The number of unbranched alkanes of at least 4 members (excludes halogenated alkanes) is 8. The van der Waals surface area contributed by atoms with Gasteiger partial charge in [0.05, 0.1) is 0 Å². The van der Waals surface area contributed by atoms with E-state index >= 15 is 0 Å². The molecule has 0 aliphatic rings. The largest absolute Gasteiger partial charge is 0.127 e. The molecule has 0 aromatic rings. The number of rotatable bonds is 10. The second-order valence-corrected chi connectivity index (χ2v) is 4.80. The molecule has 0 aliphatic heterocycles. The Bertz CT molecular complexity index is 219. The number of halogens is 1. The molecular formula is C16H27Cl. The van der Waals surface area contributed by atoms with E-state index in [2.05, 4.69) is 24.8 Å². The molecule has 0 aliphatic carbocycles. The Balaban J connectivity index is 3.12. The van der Waals surface area contributed by atoms with Gasteiger partial charge in [-0.25, -0.2) is 0 Å². The second kappa shape index (κ2) is 15.6. The molecule has 98 valence electrons. The van der Waals surface area contributed by atoms with E-state index in [1.165, 1.54) is 51.4 Å². The predicted octanol–water partition coefficient (Wildman–Crippen LogP) is 5.71. The Hall–Kier alpha value is -0.410. The molecule has 0 saturated heterocycles. The molecule has 0 bridgehead atoms. The fourth-order valence-corrected chi connectivity index (χ4v) is 1.82. The van der Waals surface area contributed by atoms with E-state index in [0.29, 0.717) is 0 Å². The van der Waals surface area contributed by atoms with E-state index in [1.54, 1.807) is 0 Å². The van der Waals surface area contributed by atoms with Gasteiger partial charge in [-0.1, -0.05) is 63.4 Å². The molecule has 0 aromatic heterocycles. The van der Waals surface area contributed by atoms with Gasteiger partial charge in [0.15, 0.2) is 0 Å². The molecule has 0 fully saturated rings. The quantitative estimate of drug-likeness (QED) is 0.266. The number of hydrogen-bond acceptors (Lipinski definition) is 0. The highest BCUT2D eigenvalue weighted by Crippen LogP contribution is 2.08. The van der Waals surface area contributed by atoms with Crippen molar-refractivity contribution in [3.63, 3.8) is 0 Å². The van der Waals surface area contributed by atoms with Crippen molar-refractivity contribution in [3.05, 3.63) is 12.2 Å².